The highest BCUT2D eigenvalue weighted by Crippen LogP contribution is 2.32. The van der Waals surface area contributed by atoms with Crippen LogP contribution in [0.15, 0.2) is 29.4 Å². The SMILES string of the molecule is C/C(=C\Cc1c(O)cc(O)c(C(=O)O)c1C)CC/C=C(\C)CC[C@H](O)C(C)(C)O. The average molecular weight is 407 g/mol. The zero-order chi connectivity index (χ0) is 22.4. The molecule has 0 unspecified atom stereocenters. The summed E-state index contributed by atoms with van der Waals surface area (Å²) in [7, 11) is 0. The van der Waals surface area contributed by atoms with Gasteiger partial charge in [-0.2, -0.15) is 0 Å². The summed E-state index contributed by atoms with van der Waals surface area (Å²) in [5.74, 6) is -1.78. The van der Waals surface area contributed by atoms with Crippen molar-refractivity contribution in [2.24, 2.45) is 0 Å². The van der Waals surface area contributed by atoms with Gasteiger partial charge in [0.1, 0.15) is 17.1 Å². The number of carboxylic acid groups (broad SMARTS) is 1. The highest BCUT2D eigenvalue weighted by molar-refractivity contribution is 5.93. The van der Waals surface area contributed by atoms with E-state index in [1.807, 2.05) is 19.9 Å². The Labute approximate surface area is 172 Å². The van der Waals surface area contributed by atoms with E-state index < -0.39 is 23.4 Å². The molecule has 162 valence electrons. The Morgan fingerprint density at radius 1 is 1.10 bits per heavy atom. The summed E-state index contributed by atoms with van der Waals surface area (Å²) in [5.41, 5.74) is 1.83. The number of aromatic carboxylic acids is 1. The van der Waals surface area contributed by atoms with Crippen LogP contribution in [0.1, 0.15) is 74.9 Å². The van der Waals surface area contributed by atoms with Gasteiger partial charge in [-0.25, -0.2) is 4.79 Å². The standard InChI is InChI=1S/C23H34O6/c1-14(7-6-8-15(2)10-12-20(26)23(4,5)29)9-11-17-16(3)21(22(27)28)19(25)13-18(17)24/h8-9,13,20,24-26,29H,6-7,10-12H2,1-5H3,(H,27,28)/b14-9+,15-8+/t20-/m0/s1. The first-order chi connectivity index (χ1) is 13.3. The number of hydrogen-bond donors (Lipinski definition) is 5. The van der Waals surface area contributed by atoms with Crippen molar-refractivity contribution in [1.82, 2.24) is 0 Å². The topological polar surface area (TPSA) is 118 Å². The van der Waals surface area contributed by atoms with E-state index >= 15 is 0 Å². The molecule has 0 aliphatic rings. The highest BCUT2D eigenvalue weighted by Gasteiger charge is 2.23. The third kappa shape index (κ3) is 7.55. The highest BCUT2D eigenvalue weighted by atomic mass is 16.4. The zero-order valence-electron chi connectivity index (χ0n) is 18.0. The Balaban J connectivity index is 2.68. The molecular formula is C23H34O6. The quantitative estimate of drug-likeness (QED) is 0.371. The number of phenolic OH excluding ortho intramolecular Hbond substituents is 1. The molecule has 6 nitrogen and oxygen atoms in total. The number of hydrogen-bond acceptors (Lipinski definition) is 5. The number of carbonyl (C=O) groups is 1. The van der Waals surface area contributed by atoms with Crippen molar-refractivity contribution in [3.8, 4) is 11.5 Å². The summed E-state index contributed by atoms with van der Waals surface area (Å²) < 4.78 is 0. The molecule has 6 heteroatoms. The van der Waals surface area contributed by atoms with E-state index in [-0.39, 0.29) is 11.3 Å². The molecule has 0 spiro atoms. The lowest BCUT2D eigenvalue weighted by molar-refractivity contribution is -0.0509. The monoisotopic (exact) mass is 406 g/mol. The fraction of sp³-hybridized carbons (Fsp3) is 0.522. The van der Waals surface area contributed by atoms with Gasteiger partial charge in [-0.3, -0.25) is 0 Å². The Morgan fingerprint density at radius 2 is 1.69 bits per heavy atom. The second-order valence-electron chi connectivity index (χ2n) is 8.25. The predicted octanol–water partition coefficient (Wildman–Crippen LogP) is 4.23. The molecule has 0 aromatic heterocycles. The molecule has 0 heterocycles. The molecule has 0 radical (unpaired) electrons. The van der Waals surface area contributed by atoms with E-state index in [1.54, 1.807) is 20.8 Å². The van der Waals surface area contributed by atoms with Crippen molar-refractivity contribution in [3.05, 3.63) is 46.1 Å². The van der Waals surface area contributed by atoms with Crippen molar-refractivity contribution >= 4 is 5.97 Å². The fourth-order valence-electron chi connectivity index (χ4n) is 3.10. The van der Waals surface area contributed by atoms with Crippen LogP contribution in [0.5, 0.6) is 11.5 Å². The van der Waals surface area contributed by atoms with Gasteiger partial charge in [0.25, 0.3) is 0 Å². The minimum Gasteiger partial charge on any atom is -0.508 e. The van der Waals surface area contributed by atoms with E-state index in [0.29, 0.717) is 30.4 Å². The molecule has 0 fully saturated rings. The lowest BCUT2D eigenvalue weighted by Crippen LogP contribution is -2.35. The molecule has 5 N–H and O–H groups in total. The summed E-state index contributed by atoms with van der Waals surface area (Å²) in [6.07, 6.45) is 6.54. The lowest BCUT2D eigenvalue weighted by Gasteiger charge is -2.24. The van der Waals surface area contributed by atoms with Crippen LogP contribution >= 0.6 is 0 Å². The van der Waals surface area contributed by atoms with Crippen molar-refractivity contribution in [2.45, 2.75) is 78.4 Å². The number of rotatable bonds is 10. The molecule has 0 saturated carbocycles. The molecule has 1 rings (SSSR count). The van der Waals surface area contributed by atoms with Gasteiger partial charge in [0, 0.05) is 11.6 Å². The van der Waals surface area contributed by atoms with Gasteiger partial charge < -0.3 is 25.5 Å². The molecule has 0 aliphatic carbocycles. The van der Waals surface area contributed by atoms with Gasteiger partial charge in [0.2, 0.25) is 0 Å². The summed E-state index contributed by atoms with van der Waals surface area (Å²) in [5, 5.41) is 48.7. The smallest absolute Gasteiger partial charge is 0.339 e. The van der Waals surface area contributed by atoms with E-state index in [1.165, 1.54) is 0 Å². The molecule has 1 atom stereocenters. The van der Waals surface area contributed by atoms with Crippen molar-refractivity contribution in [3.63, 3.8) is 0 Å². The number of aromatic hydroxyl groups is 2. The van der Waals surface area contributed by atoms with Crippen molar-refractivity contribution in [2.75, 3.05) is 0 Å². The second kappa shape index (κ2) is 10.5. The van der Waals surface area contributed by atoms with Gasteiger partial charge in [0.15, 0.2) is 0 Å². The summed E-state index contributed by atoms with van der Waals surface area (Å²) in [6.45, 7) is 8.75. The first-order valence-electron chi connectivity index (χ1n) is 9.84. The average Bonchev–Trinajstić information content (AvgIpc) is 2.57. The maximum atomic E-state index is 11.3. The Morgan fingerprint density at radius 3 is 2.24 bits per heavy atom. The minimum absolute atomic E-state index is 0.116. The predicted molar refractivity (Wildman–Crippen MR) is 113 cm³/mol. The van der Waals surface area contributed by atoms with Crippen LogP contribution in [-0.2, 0) is 6.42 Å². The van der Waals surface area contributed by atoms with E-state index in [4.69, 9.17) is 0 Å². The zero-order valence-corrected chi connectivity index (χ0v) is 18.0. The number of aliphatic hydroxyl groups is 2. The molecule has 0 amide bonds. The molecule has 29 heavy (non-hydrogen) atoms. The third-order valence-electron chi connectivity index (χ3n) is 5.19. The maximum absolute atomic E-state index is 11.3. The van der Waals surface area contributed by atoms with Gasteiger partial charge in [-0.1, -0.05) is 23.3 Å². The molecular weight excluding hydrogens is 372 g/mol. The van der Waals surface area contributed by atoms with Gasteiger partial charge in [0.05, 0.1) is 11.7 Å². The van der Waals surface area contributed by atoms with Gasteiger partial charge in [-0.05, 0) is 72.3 Å². The van der Waals surface area contributed by atoms with Crippen LogP contribution in [-0.4, -0.2) is 43.2 Å². The summed E-state index contributed by atoms with van der Waals surface area (Å²) >= 11 is 0. The van der Waals surface area contributed by atoms with Crippen LogP contribution in [0.25, 0.3) is 0 Å². The van der Waals surface area contributed by atoms with Gasteiger partial charge in [-0.15, -0.1) is 0 Å². The summed E-state index contributed by atoms with van der Waals surface area (Å²) in [6, 6.07) is 1.07. The first-order valence-corrected chi connectivity index (χ1v) is 9.84. The first kappa shape index (κ1) is 24.7. The summed E-state index contributed by atoms with van der Waals surface area (Å²) in [4.78, 5) is 11.3. The van der Waals surface area contributed by atoms with Crippen LogP contribution in [0, 0.1) is 6.92 Å². The van der Waals surface area contributed by atoms with Crippen molar-refractivity contribution < 1.29 is 30.3 Å². The third-order valence-corrected chi connectivity index (χ3v) is 5.19. The molecule has 1 aromatic rings. The Bertz CT molecular complexity index is 784. The largest absolute Gasteiger partial charge is 0.508 e. The van der Waals surface area contributed by atoms with Crippen LogP contribution in [0.2, 0.25) is 0 Å². The molecule has 0 aliphatic heterocycles. The number of allylic oxidation sites excluding steroid dienone is 4. The lowest BCUT2D eigenvalue weighted by atomic mass is 9.95. The second-order valence-corrected chi connectivity index (χ2v) is 8.25. The van der Waals surface area contributed by atoms with Crippen LogP contribution in [0.4, 0.5) is 0 Å². The van der Waals surface area contributed by atoms with Crippen LogP contribution < -0.4 is 0 Å². The molecule has 0 bridgehead atoms. The number of carboxylic acids is 1. The van der Waals surface area contributed by atoms with E-state index in [2.05, 4.69) is 6.08 Å². The minimum atomic E-state index is -1.22. The number of aliphatic hydroxyl groups excluding tert-OH is 1. The number of benzene rings is 1. The fourth-order valence-corrected chi connectivity index (χ4v) is 3.10. The van der Waals surface area contributed by atoms with Crippen LogP contribution in [0.3, 0.4) is 0 Å². The normalized spacial score (nSPS) is 14.2. The Kier molecular flexibility index (Phi) is 8.92. The van der Waals surface area contributed by atoms with Gasteiger partial charge >= 0.3 is 5.97 Å². The molecule has 0 saturated heterocycles. The Hall–Kier alpha value is -2.31. The van der Waals surface area contributed by atoms with E-state index in [9.17, 15) is 30.3 Å². The van der Waals surface area contributed by atoms with Crippen molar-refractivity contribution in [1.29, 1.82) is 0 Å². The molecule has 1 aromatic carbocycles. The number of phenols is 2. The van der Waals surface area contributed by atoms with E-state index in [0.717, 1.165) is 30.1 Å². The maximum Gasteiger partial charge on any atom is 0.339 e.